The van der Waals surface area contributed by atoms with E-state index in [1.54, 1.807) is 6.07 Å². The Balaban J connectivity index is 1.56. The van der Waals surface area contributed by atoms with Crippen molar-refractivity contribution in [3.63, 3.8) is 0 Å². The van der Waals surface area contributed by atoms with Gasteiger partial charge in [0.05, 0.1) is 0 Å². The first-order valence-electron chi connectivity index (χ1n) is 8.89. The van der Waals surface area contributed by atoms with Gasteiger partial charge < -0.3 is 0 Å². The van der Waals surface area contributed by atoms with E-state index in [1.807, 2.05) is 13.0 Å². The minimum absolute atomic E-state index is 0.0316. The van der Waals surface area contributed by atoms with Crippen molar-refractivity contribution < 1.29 is 4.39 Å². The van der Waals surface area contributed by atoms with E-state index in [0.29, 0.717) is 5.92 Å². The highest BCUT2D eigenvalue weighted by Gasteiger charge is 2.30. The molecule has 0 N–H and O–H groups in total. The van der Waals surface area contributed by atoms with Crippen molar-refractivity contribution in [2.24, 2.45) is 17.8 Å². The molecule has 0 amide bonds. The van der Waals surface area contributed by atoms with Crippen molar-refractivity contribution in [2.45, 2.75) is 71.1 Å². The van der Waals surface area contributed by atoms with Crippen LogP contribution in [0.3, 0.4) is 0 Å². The fraction of sp³-hybridized carbons (Fsp3) is 0.700. The standard InChI is InChI=1S/C20H29F/c1-14-3-6-16(7-4-14)17-9-11-18(12-10-17)19-8-5-15(2)20(21)13-19/h5,8,13-14,16-18H,3-4,6-7,9-12H2,1-2H3. The predicted molar refractivity (Wildman–Crippen MR) is 87.0 cm³/mol. The number of hydrogen-bond acceptors (Lipinski definition) is 0. The van der Waals surface area contributed by atoms with Crippen LogP contribution in [0.2, 0.25) is 0 Å². The van der Waals surface area contributed by atoms with Gasteiger partial charge in [-0.3, -0.25) is 0 Å². The summed E-state index contributed by atoms with van der Waals surface area (Å²) < 4.78 is 13.7. The normalized spacial score (nSPS) is 33.9. The summed E-state index contributed by atoms with van der Waals surface area (Å²) in [6.45, 7) is 4.25. The quantitative estimate of drug-likeness (QED) is 0.604. The van der Waals surface area contributed by atoms with Crippen LogP contribution in [-0.4, -0.2) is 0 Å². The lowest BCUT2D eigenvalue weighted by molar-refractivity contribution is 0.165. The lowest BCUT2D eigenvalue weighted by Gasteiger charge is -2.37. The van der Waals surface area contributed by atoms with Crippen LogP contribution in [0.25, 0.3) is 0 Å². The molecule has 3 rings (SSSR count). The number of benzene rings is 1. The van der Waals surface area contributed by atoms with E-state index < -0.39 is 0 Å². The van der Waals surface area contributed by atoms with Gasteiger partial charge in [-0.2, -0.15) is 0 Å². The Morgan fingerprint density at radius 2 is 1.43 bits per heavy atom. The monoisotopic (exact) mass is 288 g/mol. The first-order chi connectivity index (χ1) is 10.1. The predicted octanol–water partition coefficient (Wildman–Crippen LogP) is 6.23. The second-order valence-electron chi connectivity index (χ2n) is 7.64. The molecule has 0 nitrogen and oxygen atoms in total. The molecule has 21 heavy (non-hydrogen) atoms. The zero-order valence-corrected chi connectivity index (χ0v) is 13.6. The van der Waals surface area contributed by atoms with Gasteiger partial charge in [-0.15, -0.1) is 0 Å². The Kier molecular flexibility index (Phi) is 4.66. The van der Waals surface area contributed by atoms with E-state index in [9.17, 15) is 4.39 Å². The Morgan fingerprint density at radius 1 is 0.857 bits per heavy atom. The molecule has 2 aliphatic carbocycles. The highest BCUT2D eigenvalue weighted by atomic mass is 19.1. The Hall–Kier alpha value is -0.850. The van der Waals surface area contributed by atoms with Crippen LogP contribution in [0.1, 0.15) is 75.3 Å². The molecule has 0 atom stereocenters. The summed E-state index contributed by atoms with van der Waals surface area (Å²) in [5, 5.41) is 0. The first-order valence-corrected chi connectivity index (χ1v) is 8.89. The Labute approximate surface area is 129 Å². The molecule has 0 aromatic heterocycles. The molecule has 1 aromatic carbocycles. The second kappa shape index (κ2) is 6.50. The van der Waals surface area contributed by atoms with Crippen molar-refractivity contribution in [3.8, 4) is 0 Å². The molecule has 0 heterocycles. The van der Waals surface area contributed by atoms with Gasteiger partial charge in [0.25, 0.3) is 0 Å². The van der Waals surface area contributed by atoms with Gasteiger partial charge in [-0.1, -0.05) is 31.9 Å². The molecule has 0 spiro atoms. The van der Waals surface area contributed by atoms with Gasteiger partial charge in [0.2, 0.25) is 0 Å². The minimum atomic E-state index is -0.0316. The third kappa shape index (κ3) is 3.49. The van der Waals surface area contributed by atoms with Crippen molar-refractivity contribution >= 4 is 0 Å². The average Bonchev–Trinajstić information content (AvgIpc) is 2.51. The van der Waals surface area contributed by atoms with Gasteiger partial charge in [0.1, 0.15) is 5.82 Å². The molecule has 1 heteroatoms. The van der Waals surface area contributed by atoms with Gasteiger partial charge in [0.15, 0.2) is 0 Å². The maximum Gasteiger partial charge on any atom is 0.126 e. The average molecular weight is 288 g/mol. The van der Waals surface area contributed by atoms with Crippen LogP contribution in [0.4, 0.5) is 4.39 Å². The van der Waals surface area contributed by atoms with Crippen molar-refractivity contribution in [1.82, 2.24) is 0 Å². The molecule has 1 aromatic rings. The van der Waals surface area contributed by atoms with Crippen LogP contribution in [0, 0.1) is 30.5 Å². The van der Waals surface area contributed by atoms with Gasteiger partial charge >= 0.3 is 0 Å². The van der Waals surface area contributed by atoms with Crippen LogP contribution < -0.4 is 0 Å². The number of aryl methyl sites for hydroxylation is 1. The highest BCUT2D eigenvalue weighted by molar-refractivity contribution is 5.26. The molecule has 0 radical (unpaired) electrons. The topological polar surface area (TPSA) is 0 Å². The van der Waals surface area contributed by atoms with Crippen LogP contribution in [0.5, 0.6) is 0 Å². The molecule has 0 aliphatic heterocycles. The van der Waals surface area contributed by atoms with Gasteiger partial charge in [0, 0.05) is 0 Å². The zero-order valence-electron chi connectivity index (χ0n) is 13.6. The summed E-state index contributed by atoms with van der Waals surface area (Å²) in [7, 11) is 0. The highest BCUT2D eigenvalue weighted by Crippen LogP contribution is 2.43. The number of hydrogen-bond donors (Lipinski definition) is 0. The van der Waals surface area contributed by atoms with Gasteiger partial charge in [-0.25, -0.2) is 4.39 Å². The lowest BCUT2D eigenvalue weighted by Crippen LogP contribution is -2.24. The third-order valence-corrected chi connectivity index (χ3v) is 6.17. The van der Waals surface area contributed by atoms with E-state index in [-0.39, 0.29) is 5.82 Å². The molecule has 2 aliphatic rings. The summed E-state index contributed by atoms with van der Waals surface area (Å²) in [6, 6.07) is 5.87. The van der Waals surface area contributed by atoms with E-state index in [2.05, 4.69) is 13.0 Å². The van der Waals surface area contributed by atoms with Crippen LogP contribution in [-0.2, 0) is 0 Å². The molecule has 2 saturated carbocycles. The summed E-state index contributed by atoms with van der Waals surface area (Å²) in [5.74, 6) is 3.45. The van der Waals surface area contributed by atoms with Crippen molar-refractivity contribution in [1.29, 1.82) is 0 Å². The maximum atomic E-state index is 13.7. The molecule has 0 unspecified atom stereocenters. The molecule has 0 saturated heterocycles. The second-order valence-corrected chi connectivity index (χ2v) is 7.64. The smallest absolute Gasteiger partial charge is 0.126 e. The minimum Gasteiger partial charge on any atom is -0.207 e. The third-order valence-electron chi connectivity index (χ3n) is 6.17. The van der Waals surface area contributed by atoms with Crippen molar-refractivity contribution in [2.75, 3.05) is 0 Å². The maximum absolute atomic E-state index is 13.7. The Bertz CT molecular complexity index is 463. The first kappa shape index (κ1) is 15.1. The summed E-state index contributed by atoms with van der Waals surface area (Å²) in [4.78, 5) is 0. The molecule has 116 valence electrons. The van der Waals surface area contributed by atoms with Crippen LogP contribution in [0.15, 0.2) is 18.2 Å². The molecular weight excluding hydrogens is 259 g/mol. The molecule has 2 fully saturated rings. The van der Waals surface area contributed by atoms with Crippen LogP contribution >= 0.6 is 0 Å². The van der Waals surface area contributed by atoms with E-state index in [1.165, 1.54) is 56.9 Å². The summed E-state index contributed by atoms with van der Waals surface area (Å²) in [5.41, 5.74) is 2.00. The fourth-order valence-electron chi connectivity index (χ4n) is 4.54. The lowest BCUT2D eigenvalue weighted by atomic mass is 9.68. The SMILES string of the molecule is Cc1ccc(C2CCC(C3CCC(C)CC3)CC2)cc1F. The summed E-state index contributed by atoms with van der Waals surface area (Å²) in [6.07, 6.45) is 11.0. The van der Waals surface area contributed by atoms with E-state index >= 15 is 0 Å². The van der Waals surface area contributed by atoms with Crippen molar-refractivity contribution in [3.05, 3.63) is 35.1 Å². The summed E-state index contributed by atoms with van der Waals surface area (Å²) >= 11 is 0. The fourth-order valence-corrected chi connectivity index (χ4v) is 4.54. The van der Waals surface area contributed by atoms with E-state index in [0.717, 1.165) is 23.3 Å². The Morgan fingerprint density at radius 3 is 2.00 bits per heavy atom. The largest absolute Gasteiger partial charge is 0.207 e. The zero-order chi connectivity index (χ0) is 14.8. The van der Waals surface area contributed by atoms with Gasteiger partial charge in [-0.05, 0) is 86.3 Å². The number of halogens is 1. The molecular formula is C20H29F. The van der Waals surface area contributed by atoms with E-state index in [4.69, 9.17) is 0 Å². The number of rotatable bonds is 2. The molecule has 0 bridgehead atoms.